The summed E-state index contributed by atoms with van der Waals surface area (Å²) in [4.78, 5) is 25.9. The van der Waals surface area contributed by atoms with Gasteiger partial charge in [-0.3, -0.25) is 14.3 Å². The summed E-state index contributed by atoms with van der Waals surface area (Å²) in [5, 5.41) is 12.2. The smallest absolute Gasteiger partial charge is 0.295 e. The number of nitriles is 1. The number of benzene rings is 2. The van der Waals surface area contributed by atoms with Gasteiger partial charge in [0.15, 0.2) is 11.5 Å². The Hall–Kier alpha value is -4.69. The van der Waals surface area contributed by atoms with Crippen LogP contribution in [-0.4, -0.2) is 28.5 Å². The van der Waals surface area contributed by atoms with Crippen LogP contribution in [0.25, 0.3) is 11.8 Å². The molecule has 1 amide bonds. The van der Waals surface area contributed by atoms with E-state index in [0.29, 0.717) is 35.1 Å². The highest BCUT2D eigenvalue weighted by Crippen LogP contribution is 2.29. The summed E-state index contributed by atoms with van der Waals surface area (Å²) in [7, 11) is 1.72. The Morgan fingerprint density at radius 2 is 1.91 bits per heavy atom. The average Bonchev–Trinajstić information content (AvgIpc) is 3.05. The molecule has 1 heterocycles. The Morgan fingerprint density at radius 3 is 2.56 bits per heavy atom. The van der Waals surface area contributed by atoms with Gasteiger partial charge in [-0.2, -0.15) is 5.26 Å². The van der Waals surface area contributed by atoms with Crippen LogP contribution in [0.15, 0.2) is 58.9 Å². The summed E-state index contributed by atoms with van der Waals surface area (Å²) in [5.41, 5.74) is 1.29. The largest absolute Gasteiger partial charge is 0.490 e. The molecule has 0 saturated heterocycles. The SMILES string of the molecule is C#CCOc1ccc(/C=C(\C#N)C(=O)Nc2c(C)n(C)n(-c3ccccc3)c2=O)cc1OCC. The predicted molar refractivity (Wildman–Crippen MR) is 130 cm³/mol. The van der Waals surface area contributed by atoms with E-state index in [1.165, 1.54) is 10.8 Å². The molecule has 0 radical (unpaired) electrons. The highest BCUT2D eigenvalue weighted by atomic mass is 16.5. The molecular weight excluding hydrogens is 432 g/mol. The monoisotopic (exact) mass is 456 g/mol. The standard InChI is InChI=1S/C26H24N4O4/c1-5-14-34-22-13-12-19(16-23(22)33-6-2)15-20(17-27)25(31)28-24-18(3)29(4)30(26(24)32)21-10-8-7-9-11-21/h1,7-13,15-16H,6,14H2,2-4H3,(H,28,31)/b20-15+. The van der Waals surface area contributed by atoms with Crippen LogP contribution in [0, 0.1) is 30.6 Å². The molecule has 0 spiro atoms. The van der Waals surface area contributed by atoms with Crippen molar-refractivity contribution in [2.24, 2.45) is 7.05 Å². The van der Waals surface area contributed by atoms with Gasteiger partial charge in [0.1, 0.15) is 23.9 Å². The number of carbonyl (C=O) groups is 1. The van der Waals surface area contributed by atoms with Crippen molar-refractivity contribution in [2.75, 3.05) is 18.5 Å². The van der Waals surface area contributed by atoms with Crippen molar-refractivity contribution in [1.29, 1.82) is 5.26 Å². The number of carbonyl (C=O) groups excluding carboxylic acids is 1. The molecular formula is C26H24N4O4. The lowest BCUT2D eigenvalue weighted by molar-refractivity contribution is -0.112. The van der Waals surface area contributed by atoms with Crippen LogP contribution in [0.3, 0.4) is 0 Å². The van der Waals surface area contributed by atoms with Crippen LogP contribution in [0.4, 0.5) is 5.69 Å². The van der Waals surface area contributed by atoms with Crippen LogP contribution in [0.1, 0.15) is 18.2 Å². The molecule has 0 fully saturated rings. The zero-order valence-electron chi connectivity index (χ0n) is 19.2. The minimum atomic E-state index is -0.695. The Balaban J connectivity index is 1.92. The first kappa shape index (κ1) is 24.0. The van der Waals surface area contributed by atoms with Crippen molar-refractivity contribution in [3.05, 3.63) is 75.7 Å². The Bertz CT molecular complexity index is 1370. The first-order valence-corrected chi connectivity index (χ1v) is 10.5. The van der Waals surface area contributed by atoms with Gasteiger partial charge in [-0.15, -0.1) is 6.42 Å². The van der Waals surface area contributed by atoms with E-state index in [0.717, 1.165) is 0 Å². The molecule has 8 heteroatoms. The number of para-hydroxylation sites is 1. The minimum absolute atomic E-state index is 0.0814. The molecule has 0 aliphatic heterocycles. The van der Waals surface area contributed by atoms with Gasteiger partial charge in [-0.25, -0.2) is 4.68 Å². The van der Waals surface area contributed by atoms with Gasteiger partial charge in [0, 0.05) is 7.05 Å². The maximum absolute atomic E-state index is 13.0. The number of hydrogen-bond acceptors (Lipinski definition) is 5. The van der Waals surface area contributed by atoms with Crippen molar-refractivity contribution in [3.63, 3.8) is 0 Å². The van der Waals surface area contributed by atoms with Gasteiger partial charge in [-0.05, 0) is 49.8 Å². The van der Waals surface area contributed by atoms with Gasteiger partial charge in [0.05, 0.1) is 18.0 Å². The summed E-state index contributed by atoms with van der Waals surface area (Å²) >= 11 is 0. The lowest BCUT2D eigenvalue weighted by Crippen LogP contribution is -2.23. The van der Waals surface area contributed by atoms with Crippen LogP contribution in [0.5, 0.6) is 11.5 Å². The number of terminal acetylenes is 1. The number of nitrogens with zero attached hydrogens (tertiary/aromatic N) is 3. The third kappa shape index (κ3) is 5.03. The molecule has 1 aromatic heterocycles. The molecule has 0 atom stereocenters. The highest BCUT2D eigenvalue weighted by molar-refractivity contribution is 6.09. The molecule has 34 heavy (non-hydrogen) atoms. The van der Waals surface area contributed by atoms with E-state index in [9.17, 15) is 14.9 Å². The summed E-state index contributed by atoms with van der Waals surface area (Å²) in [5.74, 6) is 2.59. The van der Waals surface area contributed by atoms with Gasteiger partial charge in [0.2, 0.25) is 0 Å². The lowest BCUT2D eigenvalue weighted by Gasteiger charge is -2.11. The van der Waals surface area contributed by atoms with Crippen LogP contribution >= 0.6 is 0 Å². The summed E-state index contributed by atoms with van der Waals surface area (Å²) in [6.45, 7) is 4.02. The predicted octanol–water partition coefficient (Wildman–Crippen LogP) is 3.44. The van der Waals surface area contributed by atoms with E-state index in [-0.39, 0.29) is 17.9 Å². The number of nitrogens with one attached hydrogen (secondary N) is 1. The number of ether oxygens (including phenoxy) is 2. The second-order valence-corrected chi connectivity index (χ2v) is 7.19. The second-order valence-electron chi connectivity index (χ2n) is 7.19. The van der Waals surface area contributed by atoms with Crippen molar-refractivity contribution < 1.29 is 14.3 Å². The molecule has 0 unspecified atom stereocenters. The normalized spacial score (nSPS) is 10.8. The topological polar surface area (TPSA) is 98.3 Å². The van der Waals surface area contributed by atoms with E-state index in [1.807, 2.05) is 31.2 Å². The zero-order chi connectivity index (χ0) is 24.7. The van der Waals surface area contributed by atoms with Gasteiger partial charge >= 0.3 is 0 Å². The average molecular weight is 457 g/mol. The summed E-state index contributed by atoms with van der Waals surface area (Å²) in [6, 6.07) is 15.9. The third-order valence-electron chi connectivity index (χ3n) is 5.05. The highest BCUT2D eigenvalue weighted by Gasteiger charge is 2.20. The fourth-order valence-electron chi connectivity index (χ4n) is 3.33. The Kier molecular flexibility index (Phi) is 7.58. The van der Waals surface area contributed by atoms with Crippen LogP contribution in [-0.2, 0) is 11.8 Å². The van der Waals surface area contributed by atoms with E-state index in [2.05, 4.69) is 11.2 Å². The van der Waals surface area contributed by atoms with Crippen molar-refractivity contribution >= 4 is 17.7 Å². The molecule has 0 bridgehead atoms. The van der Waals surface area contributed by atoms with E-state index in [4.69, 9.17) is 15.9 Å². The fraction of sp³-hybridized carbons (Fsp3) is 0.192. The first-order valence-electron chi connectivity index (χ1n) is 10.5. The maximum Gasteiger partial charge on any atom is 0.295 e. The number of hydrogen-bond donors (Lipinski definition) is 1. The molecule has 0 saturated carbocycles. The second kappa shape index (κ2) is 10.8. The van der Waals surface area contributed by atoms with E-state index in [1.54, 1.807) is 49.0 Å². The number of aromatic nitrogens is 2. The van der Waals surface area contributed by atoms with Crippen molar-refractivity contribution in [3.8, 4) is 35.6 Å². The molecule has 0 aliphatic carbocycles. The summed E-state index contributed by atoms with van der Waals surface area (Å²) < 4.78 is 14.1. The third-order valence-corrected chi connectivity index (χ3v) is 5.05. The van der Waals surface area contributed by atoms with E-state index >= 15 is 0 Å². The number of rotatable bonds is 8. The molecule has 0 aliphatic rings. The fourth-order valence-corrected chi connectivity index (χ4v) is 3.33. The quantitative estimate of drug-likeness (QED) is 0.318. The van der Waals surface area contributed by atoms with Crippen LogP contribution in [0.2, 0.25) is 0 Å². The van der Waals surface area contributed by atoms with E-state index < -0.39 is 11.5 Å². The lowest BCUT2D eigenvalue weighted by atomic mass is 10.1. The molecule has 3 aromatic rings. The van der Waals surface area contributed by atoms with Crippen molar-refractivity contribution in [1.82, 2.24) is 9.36 Å². The molecule has 1 N–H and O–H groups in total. The van der Waals surface area contributed by atoms with Crippen molar-refractivity contribution in [2.45, 2.75) is 13.8 Å². The van der Waals surface area contributed by atoms with Gasteiger partial charge < -0.3 is 14.8 Å². The maximum atomic E-state index is 13.0. The molecule has 3 rings (SSSR count). The zero-order valence-corrected chi connectivity index (χ0v) is 19.2. The molecule has 172 valence electrons. The van der Waals surface area contributed by atoms with Gasteiger partial charge in [0.25, 0.3) is 11.5 Å². The summed E-state index contributed by atoms with van der Waals surface area (Å²) in [6.07, 6.45) is 6.66. The Labute approximate surface area is 197 Å². The van der Waals surface area contributed by atoms with Crippen LogP contribution < -0.4 is 20.3 Å². The minimum Gasteiger partial charge on any atom is -0.490 e. The first-order chi connectivity index (χ1) is 16.4. The van der Waals surface area contributed by atoms with Gasteiger partial charge in [-0.1, -0.05) is 30.2 Å². The number of amides is 1. The molecule has 2 aromatic carbocycles. The molecule has 8 nitrogen and oxygen atoms in total. The Morgan fingerprint density at radius 1 is 1.18 bits per heavy atom. The number of anilines is 1.